The number of aliphatic hydroxyl groups is 6. The van der Waals surface area contributed by atoms with E-state index < -0.39 is 68.5 Å². The molecule has 2 aliphatic heterocycles. The van der Waals surface area contributed by atoms with E-state index in [-0.39, 0.29) is 114 Å². The highest BCUT2D eigenvalue weighted by atomic mass is 16.7. The summed E-state index contributed by atoms with van der Waals surface area (Å²) in [5.74, 6) is -0.449. The fourth-order valence-corrected chi connectivity index (χ4v) is 8.14. The molecule has 2 rings (SSSR count). The molecule has 0 spiro atoms. The molecule has 8 atom stereocenters. The van der Waals surface area contributed by atoms with E-state index in [2.05, 4.69) is 26.6 Å². The SMILES string of the molecule is CC(C)C(=O)CCCCCCCCCCC(=O)NC(COCCC(=O)NCCCNC(=O)CCCCO[C@H]1C[C@@H](O)[C@@H](O)[C@@H](CO)O1)COCCC(=O)NCCCNC(=O)CCCCO[C@H]1C[C@@H](O)[C@@H](O)[C@@H](CO)O1. The Labute approximate surface area is 444 Å². The zero-order valence-electron chi connectivity index (χ0n) is 44.9. The molecule has 2 fully saturated rings. The minimum absolute atomic E-state index is 0.0854. The van der Waals surface area contributed by atoms with E-state index >= 15 is 0 Å². The van der Waals surface area contributed by atoms with Crippen molar-refractivity contribution < 1.29 is 87.8 Å². The van der Waals surface area contributed by atoms with Gasteiger partial charge >= 0.3 is 0 Å². The van der Waals surface area contributed by atoms with Crippen molar-refractivity contribution in [1.82, 2.24) is 26.6 Å². The van der Waals surface area contributed by atoms with E-state index in [0.29, 0.717) is 83.3 Å². The molecule has 23 heteroatoms. The van der Waals surface area contributed by atoms with Gasteiger partial charge < -0.3 is 85.6 Å². The van der Waals surface area contributed by atoms with Crippen molar-refractivity contribution in [2.45, 2.75) is 210 Å². The first-order valence-electron chi connectivity index (χ1n) is 27.7. The van der Waals surface area contributed by atoms with Gasteiger partial charge in [-0.05, 0) is 51.4 Å². The van der Waals surface area contributed by atoms with Gasteiger partial charge in [-0.1, -0.05) is 52.4 Å². The van der Waals surface area contributed by atoms with Gasteiger partial charge in [-0.2, -0.15) is 0 Å². The third kappa shape index (κ3) is 33.4. The Morgan fingerprint density at radius 2 is 0.827 bits per heavy atom. The Morgan fingerprint density at radius 1 is 0.467 bits per heavy atom. The number of aliphatic hydroxyl groups excluding tert-OH is 6. The molecule has 5 amide bonds. The molecule has 0 aromatic rings. The second-order valence-corrected chi connectivity index (χ2v) is 19.8. The van der Waals surface area contributed by atoms with E-state index in [0.717, 1.165) is 51.4 Å². The molecule has 75 heavy (non-hydrogen) atoms. The fourth-order valence-electron chi connectivity index (χ4n) is 8.14. The molecule has 0 bridgehead atoms. The quantitative estimate of drug-likeness (QED) is 0.0374. The van der Waals surface area contributed by atoms with Gasteiger partial charge in [0.25, 0.3) is 0 Å². The summed E-state index contributed by atoms with van der Waals surface area (Å²) in [6.07, 6.45) is 5.41. The van der Waals surface area contributed by atoms with E-state index in [4.69, 9.17) is 28.4 Å². The monoisotopic (exact) mass is 1080 g/mol. The van der Waals surface area contributed by atoms with Crippen molar-refractivity contribution >= 4 is 35.3 Å². The lowest BCUT2D eigenvalue weighted by Crippen LogP contribution is -2.50. The van der Waals surface area contributed by atoms with Crippen LogP contribution in [0.1, 0.15) is 155 Å². The molecule has 0 aliphatic carbocycles. The van der Waals surface area contributed by atoms with Crippen LogP contribution in [-0.4, -0.2) is 200 Å². The second kappa shape index (κ2) is 42.5. The minimum atomic E-state index is -1.17. The summed E-state index contributed by atoms with van der Waals surface area (Å²) in [4.78, 5) is 74.1. The van der Waals surface area contributed by atoms with Gasteiger partial charge in [-0.3, -0.25) is 28.8 Å². The van der Waals surface area contributed by atoms with E-state index in [1.807, 2.05) is 13.8 Å². The Balaban J connectivity index is 1.60. The van der Waals surface area contributed by atoms with Crippen molar-refractivity contribution in [3.8, 4) is 0 Å². The number of ether oxygens (including phenoxy) is 6. The molecule has 0 unspecified atom stereocenters. The van der Waals surface area contributed by atoms with Crippen LogP contribution in [0, 0.1) is 5.92 Å². The molecule has 2 aliphatic rings. The van der Waals surface area contributed by atoms with E-state index in [9.17, 15) is 59.4 Å². The summed E-state index contributed by atoms with van der Waals surface area (Å²) in [5.41, 5.74) is 0. The highest BCUT2D eigenvalue weighted by Crippen LogP contribution is 2.23. The van der Waals surface area contributed by atoms with Crippen molar-refractivity contribution in [3.63, 3.8) is 0 Å². The molecule has 0 radical (unpaired) electrons. The van der Waals surface area contributed by atoms with Crippen LogP contribution in [0.15, 0.2) is 0 Å². The largest absolute Gasteiger partial charge is 0.394 e. The maximum Gasteiger partial charge on any atom is 0.222 e. The number of hydrogen-bond donors (Lipinski definition) is 11. The van der Waals surface area contributed by atoms with Gasteiger partial charge in [-0.15, -0.1) is 0 Å². The number of Topliss-reactive ketones (excluding diaryl/α,β-unsaturated/α-hetero) is 1. The molecule has 2 heterocycles. The Morgan fingerprint density at radius 3 is 1.23 bits per heavy atom. The average molecular weight is 1080 g/mol. The average Bonchev–Trinajstić information content (AvgIpc) is 3.38. The molecule has 23 nitrogen and oxygen atoms in total. The highest BCUT2D eigenvalue weighted by molar-refractivity contribution is 5.80. The summed E-state index contributed by atoms with van der Waals surface area (Å²) in [6, 6.07) is -0.512. The lowest BCUT2D eigenvalue weighted by Gasteiger charge is -2.36. The van der Waals surface area contributed by atoms with Crippen LogP contribution in [0.25, 0.3) is 0 Å². The lowest BCUT2D eigenvalue weighted by atomic mass is 10.0. The van der Waals surface area contributed by atoms with Crippen molar-refractivity contribution in [3.05, 3.63) is 0 Å². The minimum Gasteiger partial charge on any atom is -0.394 e. The standard InChI is InChI=1S/C52H95N5O18/c1-37(2)39(60)17-9-7-5-3-4-6-8-10-20-48(67)57-38(35-70-29-21-46(65)55-25-15-23-53-44(63)18-11-13-27-72-49-31-40(61)51(68)42(33-58)74-49)36-71-30-22-47(66)56-26-16-24-54-45(64)19-12-14-28-73-50-32-41(62)52(69)43(34-59)75-50/h37-38,40-43,49-52,58-59,61-62,68-69H,3-36H2,1-2H3,(H,53,63)(H,54,64)(H,55,65)(H,56,66)(H,57,67)/t40-,41-,42-,43-,49-,50-,51-,52-/m1/s1. The predicted molar refractivity (Wildman–Crippen MR) is 274 cm³/mol. The normalized spacial score (nSPS) is 21.7. The zero-order valence-corrected chi connectivity index (χ0v) is 44.9. The molecule has 0 saturated carbocycles. The fraction of sp³-hybridized carbons (Fsp3) is 0.885. The number of carbonyl (C=O) groups excluding carboxylic acids is 6. The van der Waals surface area contributed by atoms with Crippen LogP contribution in [-0.2, 0) is 57.2 Å². The number of ketones is 1. The Bertz CT molecular complexity index is 1480. The molecule has 11 N–H and O–H groups in total. The van der Waals surface area contributed by atoms with Gasteiger partial charge in [0.2, 0.25) is 29.5 Å². The molecular formula is C52H95N5O18. The Kier molecular flexibility index (Phi) is 38.4. The number of unbranched alkanes of at least 4 members (excludes halogenated alkanes) is 9. The van der Waals surface area contributed by atoms with Crippen LogP contribution >= 0.6 is 0 Å². The first-order chi connectivity index (χ1) is 36.1. The number of rotatable bonds is 45. The van der Waals surface area contributed by atoms with Gasteiger partial charge in [0.15, 0.2) is 12.6 Å². The maximum atomic E-state index is 12.9. The molecule has 436 valence electrons. The van der Waals surface area contributed by atoms with Crippen molar-refractivity contribution in [2.75, 3.05) is 79.0 Å². The topological polar surface area (TPSA) is 339 Å². The number of hydrogen-bond acceptors (Lipinski definition) is 18. The van der Waals surface area contributed by atoms with Gasteiger partial charge in [0.1, 0.15) is 30.2 Å². The number of carbonyl (C=O) groups is 6. The summed E-state index contributed by atoms with van der Waals surface area (Å²) < 4.78 is 33.6. The first kappa shape index (κ1) is 67.6. The molecular weight excluding hydrogens is 983 g/mol. The van der Waals surface area contributed by atoms with Gasteiger partial charge in [0.05, 0.1) is 57.9 Å². The van der Waals surface area contributed by atoms with Crippen LogP contribution in [0.3, 0.4) is 0 Å². The van der Waals surface area contributed by atoms with E-state index in [1.54, 1.807) is 0 Å². The van der Waals surface area contributed by atoms with Gasteiger partial charge in [-0.25, -0.2) is 0 Å². The van der Waals surface area contributed by atoms with Crippen LogP contribution in [0.5, 0.6) is 0 Å². The first-order valence-corrected chi connectivity index (χ1v) is 27.7. The number of amides is 5. The summed E-state index contributed by atoms with van der Waals surface area (Å²) in [5, 5.41) is 72.2. The van der Waals surface area contributed by atoms with Gasteiger partial charge in [0, 0.05) is 96.7 Å². The number of nitrogens with one attached hydrogen (secondary N) is 5. The summed E-state index contributed by atoms with van der Waals surface area (Å²) >= 11 is 0. The zero-order chi connectivity index (χ0) is 55.1. The maximum absolute atomic E-state index is 12.9. The van der Waals surface area contributed by atoms with Crippen molar-refractivity contribution in [1.29, 1.82) is 0 Å². The Hall–Kier alpha value is -3.46. The molecule has 2 saturated heterocycles. The van der Waals surface area contributed by atoms with Crippen LogP contribution in [0.4, 0.5) is 0 Å². The van der Waals surface area contributed by atoms with Crippen LogP contribution < -0.4 is 26.6 Å². The molecule has 0 aromatic carbocycles. The second-order valence-electron chi connectivity index (χ2n) is 19.8. The van der Waals surface area contributed by atoms with E-state index in [1.165, 1.54) is 0 Å². The van der Waals surface area contributed by atoms with Crippen molar-refractivity contribution in [2.24, 2.45) is 5.92 Å². The van der Waals surface area contributed by atoms with Crippen LogP contribution in [0.2, 0.25) is 0 Å². The summed E-state index contributed by atoms with van der Waals surface area (Å²) in [6.45, 7) is 5.42. The third-order valence-corrected chi connectivity index (χ3v) is 12.8. The lowest BCUT2D eigenvalue weighted by molar-refractivity contribution is -0.257. The molecule has 0 aromatic heterocycles. The summed E-state index contributed by atoms with van der Waals surface area (Å²) in [7, 11) is 0. The third-order valence-electron chi connectivity index (χ3n) is 12.8. The highest BCUT2D eigenvalue weighted by Gasteiger charge is 2.38. The smallest absolute Gasteiger partial charge is 0.222 e. The predicted octanol–water partition coefficient (Wildman–Crippen LogP) is 0.688.